The standard InChI is InChI=1S/C29H47FO/c1-3-5-6-9-24-15-17-26(18-16-24)27-19-20-29(28(30)22-27)31-21-7-10-25-13-11-23(8-4-2)12-14-25/h19-20,22-26H,3-18,21H2,1-2H3. The summed E-state index contributed by atoms with van der Waals surface area (Å²) in [6, 6.07) is 5.76. The molecule has 1 aromatic carbocycles. The lowest BCUT2D eigenvalue weighted by Crippen LogP contribution is -2.15. The van der Waals surface area contributed by atoms with Crippen molar-refractivity contribution in [3.05, 3.63) is 29.6 Å². The molecule has 2 aliphatic rings. The van der Waals surface area contributed by atoms with Crippen molar-refractivity contribution in [2.24, 2.45) is 17.8 Å². The number of rotatable bonds is 12. The monoisotopic (exact) mass is 430 g/mol. The van der Waals surface area contributed by atoms with Crippen molar-refractivity contribution >= 4 is 0 Å². The van der Waals surface area contributed by atoms with Crippen LogP contribution in [0.2, 0.25) is 0 Å². The molecule has 1 aromatic rings. The van der Waals surface area contributed by atoms with Crippen LogP contribution in [0.5, 0.6) is 5.75 Å². The molecule has 0 unspecified atom stereocenters. The van der Waals surface area contributed by atoms with Crippen LogP contribution in [0.4, 0.5) is 4.39 Å². The molecule has 176 valence electrons. The molecular formula is C29H47FO. The van der Waals surface area contributed by atoms with Crippen LogP contribution in [0.25, 0.3) is 0 Å². The Kier molecular flexibility index (Phi) is 10.7. The molecule has 0 aromatic heterocycles. The first-order chi connectivity index (χ1) is 15.2. The molecule has 2 fully saturated rings. The zero-order chi connectivity index (χ0) is 21.9. The Labute approximate surface area is 191 Å². The summed E-state index contributed by atoms with van der Waals surface area (Å²) in [5, 5.41) is 0. The van der Waals surface area contributed by atoms with E-state index in [4.69, 9.17) is 4.74 Å². The van der Waals surface area contributed by atoms with Crippen molar-refractivity contribution in [1.29, 1.82) is 0 Å². The van der Waals surface area contributed by atoms with Crippen molar-refractivity contribution in [3.63, 3.8) is 0 Å². The van der Waals surface area contributed by atoms with Gasteiger partial charge >= 0.3 is 0 Å². The molecule has 2 heteroatoms. The Balaban J connectivity index is 1.34. The molecule has 0 heterocycles. The smallest absolute Gasteiger partial charge is 0.165 e. The van der Waals surface area contributed by atoms with Gasteiger partial charge in [0.25, 0.3) is 0 Å². The third-order valence-electron chi connectivity index (χ3n) is 8.17. The van der Waals surface area contributed by atoms with Crippen LogP contribution in [0, 0.1) is 23.6 Å². The van der Waals surface area contributed by atoms with Gasteiger partial charge < -0.3 is 4.74 Å². The van der Waals surface area contributed by atoms with E-state index in [1.54, 1.807) is 6.07 Å². The highest BCUT2D eigenvalue weighted by Gasteiger charge is 2.23. The van der Waals surface area contributed by atoms with Crippen molar-refractivity contribution < 1.29 is 9.13 Å². The molecule has 0 spiro atoms. The zero-order valence-electron chi connectivity index (χ0n) is 20.3. The van der Waals surface area contributed by atoms with E-state index in [0.29, 0.717) is 18.3 Å². The van der Waals surface area contributed by atoms with Crippen LogP contribution in [0.3, 0.4) is 0 Å². The predicted octanol–water partition coefficient (Wildman–Crippen LogP) is 9.45. The second kappa shape index (κ2) is 13.5. The van der Waals surface area contributed by atoms with Crippen molar-refractivity contribution in [2.75, 3.05) is 6.61 Å². The lowest BCUT2D eigenvalue weighted by atomic mass is 9.77. The minimum absolute atomic E-state index is 0.164. The largest absolute Gasteiger partial charge is 0.491 e. The quantitative estimate of drug-likeness (QED) is 0.300. The second-order valence-corrected chi connectivity index (χ2v) is 10.6. The van der Waals surface area contributed by atoms with E-state index in [9.17, 15) is 4.39 Å². The lowest BCUT2D eigenvalue weighted by Gasteiger charge is -2.29. The van der Waals surface area contributed by atoms with Crippen molar-refractivity contribution in [3.8, 4) is 5.75 Å². The van der Waals surface area contributed by atoms with E-state index in [-0.39, 0.29) is 5.82 Å². The van der Waals surface area contributed by atoms with Gasteiger partial charge in [0.05, 0.1) is 6.61 Å². The number of halogens is 1. The summed E-state index contributed by atoms with van der Waals surface area (Å²) >= 11 is 0. The predicted molar refractivity (Wildman–Crippen MR) is 130 cm³/mol. The van der Waals surface area contributed by atoms with Crippen LogP contribution in [-0.4, -0.2) is 6.61 Å². The molecular weight excluding hydrogens is 383 g/mol. The van der Waals surface area contributed by atoms with Gasteiger partial charge in [-0.3, -0.25) is 0 Å². The molecule has 0 bridgehead atoms. The molecule has 0 amide bonds. The number of unbranched alkanes of at least 4 members (excludes halogenated alkanes) is 2. The van der Waals surface area contributed by atoms with Gasteiger partial charge in [-0.15, -0.1) is 0 Å². The molecule has 2 saturated carbocycles. The molecule has 0 saturated heterocycles. The summed E-state index contributed by atoms with van der Waals surface area (Å²) in [5.74, 6) is 3.55. The van der Waals surface area contributed by atoms with Crippen LogP contribution >= 0.6 is 0 Å². The van der Waals surface area contributed by atoms with E-state index in [1.807, 2.05) is 6.07 Å². The summed E-state index contributed by atoms with van der Waals surface area (Å²) in [7, 11) is 0. The average molecular weight is 431 g/mol. The first-order valence-corrected chi connectivity index (χ1v) is 13.6. The fraction of sp³-hybridized carbons (Fsp3) is 0.793. The third-order valence-corrected chi connectivity index (χ3v) is 8.17. The number of hydrogen-bond donors (Lipinski definition) is 0. The summed E-state index contributed by atoms with van der Waals surface area (Å²) in [6.45, 7) is 5.22. The Bertz CT molecular complexity index is 611. The summed E-state index contributed by atoms with van der Waals surface area (Å²) in [6.07, 6.45) is 21.1. The highest BCUT2D eigenvalue weighted by atomic mass is 19.1. The topological polar surface area (TPSA) is 9.23 Å². The Morgan fingerprint density at radius 1 is 0.742 bits per heavy atom. The van der Waals surface area contributed by atoms with Gasteiger partial charge in [0.2, 0.25) is 0 Å². The van der Waals surface area contributed by atoms with Gasteiger partial charge in [-0.1, -0.05) is 84.1 Å². The molecule has 0 radical (unpaired) electrons. The van der Waals surface area contributed by atoms with Gasteiger partial charge in [0.1, 0.15) is 0 Å². The Hall–Kier alpha value is -1.05. The zero-order valence-corrected chi connectivity index (χ0v) is 20.3. The summed E-state index contributed by atoms with van der Waals surface area (Å²) < 4.78 is 20.5. The maximum absolute atomic E-state index is 14.7. The van der Waals surface area contributed by atoms with Crippen LogP contribution in [0.1, 0.15) is 128 Å². The van der Waals surface area contributed by atoms with Gasteiger partial charge in [-0.25, -0.2) is 4.39 Å². The van der Waals surface area contributed by atoms with E-state index < -0.39 is 0 Å². The summed E-state index contributed by atoms with van der Waals surface area (Å²) in [5.41, 5.74) is 1.18. The first-order valence-electron chi connectivity index (χ1n) is 13.6. The van der Waals surface area contributed by atoms with Gasteiger partial charge in [-0.2, -0.15) is 0 Å². The molecule has 31 heavy (non-hydrogen) atoms. The third kappa shape index (κ3) is 8.10. The Morgan fingerprint density at radius 3 is 1.97 bits per heavy atom. The molecule has 2 aliphatic carbocycles. The van der Waals surface area contributed by atoms with Gasteiger partial charge in [0, 0.05) is 0 Å². The maximum atomic E-state index is 14.7. The molecule has 3 rings (SSSR count). The average Bonchev–Trinajstić information content (AvgIpc) is 2.79. The number of ether oxygens (including phenoxy) is 1. The van der Waals surface area contributed by atoms with Crippen LogP contribution < -0.4 is 4.74 Å². The maximum Gasteiger partial charge on any atom is 0.165 e. The minimum Gasteiger partial charge on any atom is -0.491 e. The van der Waals surface area contributed by atoms with Gasteiger partial charge in [-0.05, 0) is 79.9 Å². The van der Waals surface area contributed by atoms with Crippen molar-refractivity contribution in [1.82, 2.24) is 0 Å². The molecule has 0 atom stereocenters. The van der Waals surface area contributed by atoms with E-state index in [0.717, 1.165) is 24.2 Å². The normalized spacial score (nSPS) is 26.7. The molecule has 0 aliphatic heterocycles. The highest BCUT2D eigenvalue weighted by molar-refractivity contribution is 5.31. The van der Waals surface area contributed by atoms with E-state index in [1.165, 1.54) is 102 Å². The van der Waals surface area contributed by atoms with Crippen LogP contribution in [0.15, 0.2) is 18.2 Å². The highest BCUT2D eigenvalue weighted by Crippen LogP contribution is 2.39. The Morgan fingerprint density at radius 2 is 1.35 bits per heavy atom. The lowest BCUT2D eigenvalue weighted by molar-refractivity contribution is 0.227. The van der Waals surface area contributed by atoms with E-state index in [2.05, 4.69) is 19.9 Å². The second-order valence-electron chi connectivity index (χ2n) is 10.6. The fourth-order valence-corrected chi connectivity index (χ4v) is 6.13. The fourth-order valence-electron chi connectivity index (χ4n) is 6.13. The molecule has 0 N–H and O–H groups in total. The van der Waals surface area contributed by atoms with Gasteiger partial charge in [0.15, 0.2) is 11.6 Å². The number of hydrogen-bond acceptors (Lipinski definition) is 1. The molecule has 1 nitrogen and oxygen atoms in total. The summed E-state index contributed by atoms with van der Waals surface area (Å²) in [4.78, 5) is 0. The van der Waals surface area contributed by atoms with E-state index >= 15 is 0 Å². The van der Waals surface area contributed by atoms with Crippen LogP contribution in [-0.2, 0) is 0 Å². The minimum atomic E-state index is -0.164. The SMILES string of the molecule is CCCCCC1CCC(c2ccc(OCCCC3CCC(CCC)CC3)c(F)c2)CC1. The number of benzene rings is 1. The van der Waals surface area contributed by atoms with Crippen molar-refractivity contribution in [2.45, 2.75) is 122 Å². The first kappa shape index (κ1) is 24.6.